The number of hydrogen-bond donors (Lipinski definition) is 1. The first-order chi connectivity index (χ1) is 12.6. The summed E-state index contributed by atoms with van der Waals surface area (Å²) in [6.07, 6.45) is 10.0. The van der Waals surface area contributed by atoms with Gasteiger partial charge >= 0.3 is 0 Å². The molecule has 4 heterocycles. The van der Waals surface area contributed by atoms with E-state index < -0.39 is 0 Å². The number of fused-ring (bicyclic) bond motifs is 1. The molecule has 3 aromatic heterocycles. The topological polar surface area (TPSA) is 69.8 Å². The van der Waals surface area contributed by atoms with Crippen molar-refractivity contribution in [3.8, 4) is 0 Å². The van der Waals surface area contributed by atoms with Gasteiger partial charge in [0.15, 0.2) is 5.65 Å². The lowest BCUT2D eigenvalue weighted by Gasteiger charge is -2.32. The first kappa shape index (κ1) is 17.2. The predicted molar refractivity (Wildman–Crippen MR) is 99.7 cm³/mol. The molecule has 0 amide bonds. The zero-order chi connectivity index (χ0) is 18.1. The SMILES string of the molecule is CC(C)n1ncc2cc(CN[C@H]3CCCO[C@@H]3c3cnn(C)c3)cnc21. The average Bonchev–Trinajstić information content (AvgIpc) is 3.26. The van der Waals surface area contributed by atoms with Crippen LogP contribution in [0.3, 0.4) is 0 Å². The van der Waals surface area contributed by atoms with E-state index in [0.717, 1.165) is 48.2 Å². The lowest BCUT2D eigenvalue weighted by Crippen LogP contribution is -2.39. The molecule has 1 aliphatic heterocycles. The van der Waals surface area contributed by atoms with E-state index in [4.69, 9.17) is 4.74 Å². The number of aryl methyl sites for hydroxylation is 1. The van der Waals surface area contributed by atoms with E-state index in [-0.39, 0.29) is 12.1 Å². The van der Waals surface area contributed by atoms with Gasteiger partial charge in [0.2, 0.25) is 0 Å². The third kappa shape index (κ3) is 3.37. The maximum absolute atomic E-state index is 6.03. The number of rotatable bonds is 5. The first-order valence-electron chi connectivity index (χ1n) is 9.27. The minimum Gasteiger partial charge on any atom is -0.372 e. The Kier molecular flexibility index (Phi) is 4.74. The van der Waals surface area contributed by atoms with Crippen molar-refractivity contribution in [2.45, 2.75) is 51.4 Å². The largest absolute Gasteiger partial charge is 0.372 e. The normalized spacial score (nSPS) is 20.9. The molecular formula is C19H26N6O. The molecule has 0 bridgehead atoms. The summed E-state index contributed by atoms with van der Waals surface area (Å²) in [4.78, 5) is 4.62. The molecule has 1 N–H and O–H groups in total. The molecule has 26 heavy (non-hydrogen) atoms. The highest BCUT2D eigenvalue weighted by Gasteiger charge is 2.28. The molecular weight excluding hydrogens is 328 g/mol. The highest BCUT2D eigenvalue weighted by atomic mass is 16.5. The Morgan fingerprint density at radius 3 is 2.92 bits per heavy atom. The molecule has 0 aromatic carbocycles. The fraction of sp³-hybridized carbons (Fsp3) is 0.526. The summed E-state index contributed by atoms with van der Waals surface area (Å²) in [6.45, 7) is 5.80. The Hall–Kier alpha value is -2.25. The van der Waals surface area contributed by atoms with Crippen molar-refractivity contribution in [1.29, 1.82) is 0 Å². The summed E-state index contributed by atoms with van der Waals surface area (Å²) in [5.41, 5.74) is 3.24. The standard InChI is InChI=1S/C19H26N6O/c1-13(2)25-19-15(10-23-25)7-14(9-21-19)8-20-17-5-4-6-26-18(17)16-11-22-24(3)12-16/h7,9-13,17-18,20H,4-6,8H2,1-3H3/t17-,18+/m0/s1. The van der Waals surface area contributed by atoms with Crippen LogP contribution in [0.2, 0.25) is 0 Å². The summed E-state index contributed by atoms with van der Waals surface area (Å²) in [6, 6.07) is 2.76. The Bertz CT molecular complexity index is 883. The van der Waals surface area contributed by atoms with E-state index in [1.807, 2.05) is 41.2 Å². The maximum Gasteiger partial charge on any atom is 0.157 e. The van der Waals surface area contributed by atoms with Gasteiger partial charge in [-0.05, 0) is 38.3 Å². The summed E-state index contributed by atoms with van der Waals surface area (Å²) in [5.74, 6) is 0. The van der Waals surface area contributed by atoms with E-state index in [1.54, 1.807) is 0 Å². The molecule has 7 nitrogen and oxygen atoms in total. The van der Waals surface area contributed by atoms with E-state index >= 15 is 0 Å². The number of aromatic nitrogens is 5. The molecule has 138 valence electrons. The van der Waals surface area contributed by atoms with Gasteiger partial charge in [-0.2, -0.15) is 10.2 Å². The zero-order valence-electron chi connectivity index (χ0n) is 15.6. The second-order valence-electron chi connectivity index (χ2n) is 7.31. The minimum atomic E-state index is 0.0535. The molecule has 1 aliphatic rings. The molecule has 1 fully saturated rings. The molecule has 3 aromatic rings. The van der Waals surface area contributed by atoms with E-state index in [2.05, 4.69) is 40.4 Å². The van der Waals surface area contributed by atoms with Crippen LogP contribution in [0.15, 0.2) is 30.9 Å². The van der Waals surface area contributed by atoms with Crippen LogP contribution in [0.25, 0.3) is 11.0 Å². The van der Waals surface area contributed by atoms with Gasteiger partial charge in [-0.1, -0.05) is 0 Å². The lowest BCUT2D eigenvalue weighted by atomic mass is 9.98. The summed E-state index contributed by atoms with van der Waals surface area (Å²) in [7, 11) is 1.94. The van der Waals surface area contributed by atoms with Crippen molar-refractivity contribution in [3.05, 3.63) is 42.0 Å². The second kappa shape index (κ2) is 7.17. The summed E-state index contributed by atoms with van der Waals surface area (Å²) >= 11 is 0. The van der Waals surface area contributed by atoms with Crippen LogP contribution in [0, 0.1) is 0 Å². The molecule has 2 atom stereocenters. The monoisotopic (exact) mass is 354 g/mol. The van der Waals surface area contributed by atoms with Crippen molar-refractivity contribution in [1.82, 2.24) is 29.9 Å². The van der Waals surface area contributed by atoms with Crippen molar-refractivity contribution in [2.75, 3.05) is 6.61 Å². The Balaban J connectivity index is 1.47. The van der Waals surface area contributed by atoms with E-state index in [0.29, 0.717) is 6.04 Å². The minimum absolute atomic E-state index is 0.0535. The second-order valence-corrected chi connectivity index (χ2v) is 7.31. The molecule has 0 aliphatic carbocycles. The number of ether oxygens (including phenoxy) is 1. The van der Waals surface area contributed by atoms with E-state index in [9.17, 15) is 0 Å². The van der Waals surface area contributed by atoms with Crippen LogP contribution < -0.4 is 5.32 Å². The van der Waals surface area contributed by atoms with Crippen LogP contribution in [0.1, 0.15) is 50.0 Å². The molecule has 4 rings (SSSR count). The van der Waals surface area contributed by atoms with Gasteiger partial charge in [-0.3, -0.25) is 4.68 Å². The molecule has 0 radical (unpaired) electrons. The van der Waals surface area contributed by atoms with Crippen LogP contribution in [0.5, 0.6) is 0 Å². The molecule has 1 saturated heterocycles. The Labute approximate surface area is 153 Å². The maximum atomic E-state index is 6.03. The summed E-state index contributed by atoms with van der Waals surface area (Å²) < 4.78 is 9.82. The number of pyridine rings is 1. The molecule has 0 unspecified atom stereocenters. The number of nitrogens with one attached hydrogen (secondary N) is 1. The zero-order valence-corrected chi connectivity index (χ0v) is 15.6. The van der Waals surface area contributed by atoms with Gasteiger partial charge in [-0.25, -0.2) is 9.67 Å². The molecule has 0 saturated carbocycles. The molecule has 7 heteroatoms. The number of hydrogen-bond acceptors (Lipinski definition) is 5. The molecule has 0 spiro atoms. The van der Waals surface area contributed by atoms with Gasteiger partial charge in [0.1, 0.15) is 6.10 Å². The quantitative estimate of drug-likeness (QED) is 0.763. The van der Waals surface area contributed by atoms with Gasteiger partial charge < -0.3 is 10.1 Å². The Morgan fingerprint density at radius 2 is 2.15 bits per heavy atom. The van der Waals surface area contributed by atoms with Gasteiger partial charge in [0, 0.05) is 55.6 Å². The van der Waals surface area contributed by atoms with Crippen molar-refractivity contribution < 1.29 is 4.74 Å². The third-order valence-corrected chi connectivity index (χ3v) is 4.92. The van der Waals surface area contributed by atoms with Crippen molar-refractivity contribution >= 4 is 11.0 Å². The Morgan fingerprint density at radius 1 is 1.27 bits per heavy atom. The van der Waals surface area contributed by atoms with Crippen LogP contribution in [-0.2, 0) is 18.3 Å². The van der Waals surface area contributed by atoms with Crippen molar-refractivity contribution in [3.63, 3.8) is 0 Å². The van der Waals surface area contributed by atoms with Gasteiger partial charge in [0.05, 0.1) is 12.4 Å². The predicted octanol–water partition coefficient (Wildman–Crippen LogP) is 2.76. The lowest BCUT2D eigenvalue weighted by molar-refractivity contribution is -0.0112. The fourth-order valence-corrected chi connectivity index (χ4v) is 3.61. The highest BCUT2D eigenvalue weighted by molar-refractivity contribution is 5.75. The van der Waals surface area contributed by atoms with E-state index in [1.165, 1.54) is 0 Å². The fourth-order valence-electron chi connectivity index (χ4n) is 3.61. The third-order valence-electron chi connectivity index (χ3n) is 4.92. The number of nitrogens with zero attached hydrogens (tertiary/aromatic N) is 5. The van der Waals surface area contributed by atoms with Crippen molar-refractivity contribution in [2.24, 2.45) is 7.05 Å². The van der Waals surface area contributed by atoms with Crippen LogP contribution in [-0.4, -0.2) is 37.2 Å². The highest BCUT2D eigenvalue weighted by Crippen LogP contribution is 2.28. The van der Waals surface area contributed by atoms with Gasteiger partial charge in [0.25, 0.3) is 0 Å². The average molecular weight is 354 g/mol. The van der Waals surface area contributed by atoms with Crippen LogP contribution >= 0.6 is 0 Å². The summed E-state index contributed by atoms with van der Waals surface area (Å²) in [5, 5.41) is 13.5. The van der Waals surface area contributed by atoms with Crippen LogP contribution in [0.4, 0.5) is 0 Å². The smallest absolute Gasteiger partial charge is 0.157 e. The van der Waals surface area contributed by atoms with Gasteiger partial charge in [-0.15, -0.1) is 0 Å². The first-order valence-corrected chi connectivity index (χ1v) is 9.27.